The van der Waals surface area contributed by atoms with Crippen LogP contribution in [0.2, 0.25) is 0 Å². The number of ketones is 1. The molecule has 1 aromatic carbocycles. The number of aliphatic hydroxyl groups excluding tert-OH is 1. The summed E-state index contributed by atoms with van der Waals surface area (Å²) in [5, 5.41) is 17.7. The van der Waals surface area contributed by atoms with Gasteiger partial charge in [-0.05, 0) is 105 Å². The van der Waals surface area contributed by atoms with Crippen molar-refractivity contribution in [3.8, 4) is 0 Å². The molecule has 0 aliphatic carbocycles. The maximum Gasteiger partial charge on any atom is 0.414 e. The zero-order valence-corrected chi connectivity index (χ0v) is 52.7. The van der Waals surface area contributed by atoms with E-state index in [4.69, 9.17) is 71.8 Å². The molecule has 1 spiro atoms. The summed E-state index contributed by atoms with van der Waals surface area (Å²) in [5.74, 6) is -1.02. The molecule has 19 atom stereocenters. The van der Waals surface area contributed by atoms with Gasteiger partial charge in [-0.3, -0.25) is 9.69 Å². The molecule has 10 aliphatic rings. The monoisotopic (exact) mass is 1260 g/mol. The molecule has 0 aromatic heterocycles. The first-order valence-corrected chi connectivity index (χ1v) is 33.8. The lowest BCUT2D eigenvalue weighted by molar-refractivity contribution is -0.292. The summed E-state index contributed by atoms with van der Waals surface area (Å²) in [6.07, 6.45) is 2.68. The van der Waals surface area contributed by atoms with Crippen LogP contribution in [0.3, 0.4) is 0 Å². The molecule has 1 aromatic rings. The molecule has 10 heterocycles. The fraction of sp³-hybridized carbons (Fsp3) is 0.790. The minimum absolute atomic E-state index is 0.00820. The molecule has 12 bridgehead atoms. The predicted molar refractivity (Wildman–Crippen MR) is 322 cm³/mol. The Morgan fingerprint density at radius 3 is 2.31 bits per heavy atom. The van der Waals surface area contributed by atoms with Gasteiger partial charge in [0.2, 0.25) is 0 Å². The second kappa shape index (κ2) is 30.7. The number of amides is 2. The molecule has 5 unspecified atom stereocenters. The van der Waals surface area contributed by atoms with E-state index in [2.05, 4.69) is 35.4 Å². The third-order valence-corrected chi connectivity index (χ3v) is 21.1. The van der Waals surface area contributed by atoms with Crippen LogP contribution in [0.4, 0.5) is 15.3 Å². The number of carbonyl (C=O) groups is 3. The quantitative estimate of drug-likeness (QED) is 0.0245. The minimum Gasteiger partial charge on any atom is -0.448 e. The number of aliphatic hydroxyl groups is 1. The zero-order chi connectivity index (χ0) is 61.2. The number of benzene rings is 1. The molecule has 25 heteroatoms. The third kappa shape index (κ3) is 16.9. The number of rotatable bonds is 24. The highest BCUT2D eigenvalue weighted by molar-refractivity contribution is 8.77. The van der Waals surface area contributed by atoms with Gasteiger partial charge >= 0.3 is 12.2 Å². The number of ether oxygens (including phenoxy) is 14. The van der Waals surface area contributed by atoms with E-state index >= 15 is 0 Å². The van der Waals surface area contributed by atoms with Crippen LogP contribution in [0.25, 0.3) is 10.4 Å². The van der Waals surface area contributed by atoms with Crippen molar-refractivity contribution in [3.05, 3.63) is 64.6 Å². The molecule has 10 saturated heterocycles. The van der Waals surface area contributed by atoms with Crippen LogP contribution in [-0.4, -0.2) is 211 Å². The van der Waals surface area contributed by atoms with E-state index in [-0.39, 0.29) is 142 Å². The van der Waals surface area contributed by atoms with Crippen LogP contribution in [0.5, 0.6) is 0 Å². The first kappa shape index (κ1) is 66.3. The van der Waals surface area contributed by atoms with E-state index in [0.717, 1.165) is 49.7 Å². The Morgan fingerprint density at radius 2 is 1.54 bits per heavy atom. The van der Waals surface area contributed by atoms with E-state index in [1.54, 1.807) is 53.0 Å². The second-order valence-electron chi connectivity index (χ2n) is 25.3. The second-order valence-corrected chi connectivity index (χ2v) is 28.4. The van der Waals surface area contributed by atoms with Gasteiger partial charge in [0.15, 0.2) is 5.79 Å². The molecule has 0 saturated carbocycles. The van der Waals surface area contributed by atoms with Crippen LogP contribution in [0, 0.1) is 11.8 Å². The van der Waals surface area contributed by atoms with Crippen LogP contribution in [0.1, 0.15) is 110 Å². The Hall–Kier alpha value is -3.60. The van der Waals surface area contributed by atoms with Crippen LogP contribution < -0.4 is 10.2 Å². The molecular weight excluding hydrogens is 1170 g/mol. The SMILES string of the molecule is C=C1C[C@@H]2CC[C@@]34CC5O[C@@H]6C(O[C@H]7CCC(CC(=O)C[C@@H]8[C@@H](OC)[C@@H](C[C@H](O)CNC(=O)OCc9ccc(N(CCOCCOCCOCCN=[N+]=[N-])C(=O)OCC(C)(C)SSC)cc9)O[C@H]8CC8O[C@@H](CCC1O2)C[C@@H](C)C8=C)O[C@@H]7[C@@H]6O3)[C@@H]5O4. The number of nitrogens with zero attached hydrogens (tertiary/aromatic N) is 4. The summed E-state index contributed by atoms with van der Waals surface area (Å²) in [6.45, 7) is 17.5. The van der Waals surface area contributed by atoms with Crippen molar-refractivity contribution in [1.82, 2.24) is 5.32 Å². The predicted octanol–water partition coefficient (Wildman–Crippen LogP) is 8.50. The molecule has 2 N–H and O–H groups in total. The van der Waals surface area contributed by atoms with Gasteiger partial charge < -0.3 is 76.7 Å². The van der Waals surface area contributed by atoms with E-state index < -0.39 is 54.6 Å². The van der Waals surface area contributed by atoms with Crippen LogP contribution in [0.15, 0.2) is 53.7 Å². The smallest absolute Gasteiger partial charge is 0.414 e. The van der Waals surface area contributed by atoms with Gasteiger partial charge in [0.1, 0.15) is 49.5 Å². The molecule has 87 heavy (non-hydrogen) atoms. The van der Waals surface area contributed by atoms with E-state index in [0.29, 0.717) is 70.0 Å². The van der Waals surface area contributed by atoms with Gasteiger partial charge in [0, 0.05) is 75.2 Å². The van der Waals surface area contributed by atoms with Crippen molar-refractivity contribution in [1.29, 1.82) is 0 Å². The number of alkyl carbamates (subject to hydrolysis) is 1. The lowest BCUT2D eigenvalue weighted by Gasteiger charge is -2.47. The summed E-state index contributed by atoms with van der Waals surface area (Å²) in [7, 11) is 4.82. The third-order valence-electron chi connectivity index (χ3n) is 18.5. The molecule has 23 nitrogen and oxygen atoms in total. The van der Waals surface area contributed by atoms with Crippen molar-refractivity contribution in [2.45, 2.75) is 219 Å². The maximum atomic E-state index is 14.5. The van der Waals surface area contributed by atoms with Crippen LogP contribution in [-0.2, 0) is 77.7 Å². The number of hydrogen-bond donors (Lipinski definition) is 2. The van der Waals surface area contributed by atoms with Crippen molar-refractivity contribution >= 4 is 45.2 Å². The van der Waals surface area contributed by atoms with Crippen molar-refractivity contribution < 1.29 is 85.8 Å². The molecule has 0 radical (unpaired) electrons. The summed E-state index contributed by atoms with van der Waals surface area (Å²) < 4.78 is 88.6. The van der Waals surface area contributed by atoms with Crippen molar-refractivity contribution in [3.63, 3.8) is 0 Å². The first-order chi connectivity index (χ1) is 42.0. The largest absolute Gasteiger partial charge is 0.448 e. The Kier molecular flexibility index (Phi) is 23.4. The Bertz CT molecular complexity index is 2550. The molecule has 10 aliphatic heterocycles. The van der Waals surface area contributed by atoms with Gasteiger partial charge in [-0.15, -0.1) is 0 Å². The molecule has 10 fully saturated rings. The molecular formula is C62H91N5O18S2. The van der Waals surface area contributed by atoms with Crippen LogP contribution >= 0.6 is 21.6 Å². The van der Waals surface area contributed by atoms with Gasteiger partial charge in [0.25, 0.3) is 0 Å². The summed E-state index contributed by atoms with van der Waals surface area (Å²) in [5.41, 5.74) is 11.7. The fourth-order valence-electron chi connectivity index (χ4n) is 14.2. The summed E-state index contributed by atoms with van der Waals surface area (Å²) in [6, 6.07) is 7.01. The van der Waals surface area contributed by atoms with Gasteiger partial charge in [-0.1, -0.05) is 58.9 Å². The standard InChI is InChI=1S/C62H91N5O18S2/c1-36-26-43-12-14-47-37(2)27-45(78-47)16-17-62-32-52-55(84-62)56-57(83-52)58(85-62)54-48(82-56)15-13-44(80-54)28-41(68)29-46-50(31-49(79-43)38(36)3)81-51(53(46)72-6)30-42(69)33-64-59(70)76-34-39-8-10-40(11-9-39)67(60(71)77-35-61(4,5)87-86-7)19-21-74-23-25-75-24-22-73-20-18-65-66-63/h8-11,36,42-58,69H,2-3,12-35H2,1,4-7H3,(H,64,70)/t36-,42+,43+,44?,45+,46+,47?,48+,49?,50+,51-,52?,53-,54+,55-,56?,57-,58+,62+/m1/s1. The van der Waals surface area contributed by atoms with E-state index in [1.807, 2.05) is 20.1 Å². The van der Waals surface area contributed by atoms with Crippen molar-refractivity contribution in [2.75, 3.05) is 84.1 Å². The molecule has 11 rings (SSSR count). The Balaban J connectivity index is 0.744. The minimum atomic E-state index is -1.06. The maximum absolute atomic E-state index is 14.5. The van der Waals surface area contributed by atoms with Gasteiger partial charge in [0.05, 0.1) is 118 Å². The number of anilines is 1. The Labute approximate surface area is 518 Å². The van der Waals surface area contributed by atoms with E-state index in [9.17, 15) is 19.5 Å². The average Bonchev–Trinajstić information content (AvgIpc) is 1.59. The fourth-order valence-corrected chi connectivity index (χ4v) is 16.2. The lowest BCUT2D eigenvalue weighted by Crippen LogP contribution is -2.61. The number of nitrogens with one attached hydrogen (secondary N) is 1. The summed E-state index contributed by atoms with van der Waals surface area (Å²) >= 11 is 0. The normalized spacial score (nSPS) is 35.9. The zero-order valence-electron chi connectivity index (χ0n) is 51.1. The number of Topliss-reactive ketones (excluding diaryl/α,β-unsaturated/α-hetero) is 1. The number of fused-ring (bicyclic) bond motifs is 6. The van der Waals surface area contributed by atoms with Gasteiger partial charge in [-0.2, -0.15) is 0 Å². The Morgan fingerprint density at radius 1 is 0.828 bits per heavy atom. The van der Waals surface area contributed by atoms with Gasteiger partial charge in [-0.25, -0.2) is 9.59 Å². The summed E-state index contributed by atoms with van der Waals surface area (Å²) in [4.78, 5) is 45.4. The number of carbonyl (C=O) groups excluding carboxylic acids is 3. The number of methoxy groups -OCH3 is 1. The molecule has 2 amide bonds. The highest BCUT2D eigenvalue weighted by Crippen LogP contribution is 2.55. The highest BCUT2D eigenvalue weighted by Gasteiger charge is 2.69. The van der Waals surface area contributed by atoms with E-state index in [1.165, 1.54) is 4.90 Å². The number of azide groups is 1. The topological polar surface area (TPSA) is 265 Å². The first-order valence-electron chi connectivity index (χ1n) is 31.3. The highest BCUT2D eigenvalue weighted by atomic mass is 33.1. The average molecular weight is 1260 g/mol. The molecule has 484 valence electrons. The van der Waals surface area contributed by atoms with Crippen molar-refractivity contribution in [2.24, 2.45) is 17.0 Å². The number of hydrogen-bond acceptors (Lipinski definition) is 21. The lowest BCUT2D eigenvalue weighted by atomic mass is 9.81.